The Morgan fingerprint density at radius 3 is 2.42 bits per heavy atom. The zero-order valence-electron chi connectivity index (χ0n) is 12.4. The number of rotatable bonds is 6. The van der Waals surface area contributed by atoms with Gasteiger partial charge in [-0.15, -0.1) is 0 Å². The summed E-state index contributed by atoms with van der Waals surface area (Å²) in [7, 11) is 0. The molecule has 1 amide bonds. The van der Waals surface area contributed by atoms with Crippen molar-refractivity contribution in [2.24, 2.45) is 17.6 Å². The molecule has 1 saturated carbocycles. The molecule has 110 valence electrons. The van der Waals surface area contributed by atoms with Crippen molar-refractivity contribution in [3.63, 3.8) is 0 Å². The van der Waals surface area contributed by atoms with Gasteiger partial charge in [-0.2, -0.15) is 0 Å². The van der Waals surface area contributed by atoms with Gasteiger partial charge in [0.05, 0.1) is 6.04 Å². The molecule has 1 heterocycles. The van der Waals surface area contributed by atoms with Gasteiger partial charge in [0, 0.05) is 19.1 Å². The Morgan fingerprint density at radius 1 is 1.26 bits per heavy atom. The maximum absolute atomic E-state index is 12.2. The fourth-order valence-corrected chi connectivity index (χ4v) is 2.80. The van der Waals surface area contributed by atoms with Crippen LogP contribution in [-0.2, 0) is 4.79 Å². The van der Waals surface area contributed by atoms with E-state index < -0.39 is 0 Å². The first kappa shape index (κ1) is 14.8. The highest BCUT2D eigenvalue weighted by molar-refractivity contribution is 5.81. The standard InChI is InChI=1S/C15H29N3O/c1-11(2)9-14(16)15(19)18-7-5-13(6-8-18)17-10-12-3-4-12/h11-14,17H,3-10,16H2,1-2H3/t14-/m0/s1. The Labute approximate surface area is 117 Å². The number of nitrogens with zero attached hydrogens (tertiary/aromatic N) is 1. The van der Waals surface area contributed by atoms with Crippen molar-refractivity contribution < 1.29 is 4.79 Å². The second kappa shape index (κ2) is 6.71. The largest absolute Gasteiger partial charge is 0.341 e. The fourth-order valence-electron chi connectivity index (χ4n) is 2.80. The molecule has 2 fully saturated rings. The molecular formula is C15H29N3O. The number of nitrogens with one attached hydrogen (secondary N) is 1. The number of carbonyl (C=O) groups excluding carboxylic acids is 1. The third-order valence-corrected chi connectivity index (χ3v) is 4.24. The molecular weight excluding hydrogens is 238 g/mol. The second-order valence-corrected chi connectivity index (χ2v) is 6.69. The summed E-state index contributed by atoms with van der Waals surface area (Å²) in [4.78, 5) is 14.2. The molecule has 1 atom stereocenters. The van der Waals surface area contributed by atoms with Crippen molar-refractivity contribution in [3.05, 3.63) is 0 Å². The lowest BCUT2D eigenvalue weighted by Gasteiger charge is -2.34. The molecule has 0 aromatic heterocycles. The monoisotopic (exact) mass is 267 g/mol. The molecule has 1 aliphatic carbocycles. The van der Waals surface area contributed by atoms with Crippen LogP contribution in [0.2, 0.25) is 0 Å². The Hall–Kier alpha value is -0.610. The van der Waals surface area contributed by atoms with Crippen LogP contribution in [-0.4, -0.2) is 42.5 Å². The van der Waals surface area contributed by atoms with Crippen LogP contribution in [0.3, 0.4) is 0 Å². The average molecular weight is 267 g/mol. The summed E-state index contributed by atoms with van der Waals surface area (Å²) in [5.74, 6) is 1.56. The van der Waals surface area contributed by atoms with Gasteiger partial charge in [0.2, 0.25) is 5.91 Å². The predicted octanol–water partition coefficient (Wildman–Crippen LogP) is 1.35. The minimum absolute atomic E-state index is 0.148. The summed E-state index contributed by atoms with van der Waals surface area (Å²) in [5, 5.41) is 3.64. The van der Waals surface area contributed by atoms with Gasteiger partial charge in [0.15, 0.2) is 0 Å². The summed E-state index contributed by atoms with van der Waals surface area (Å²) < 4.78 is 0. The van der Waals surface area contributed by atoms with Gasteiger partial charge in [-0.05, 0) is 50.5 Å². The van der Waals surface area contributed by atoms with E-state index in [1.807, 2.05) is 4.90 Å². The molecule has 0 bridgehead atoms. The lowest BCUT2D eigenvalue weighted by atomic mass is 10.0. The second-order valence-electron chi connectivity index (χ2n) is 6.69. The highest BCUT2D eigenvalue weighted by atomic mass is 16.2. The van der Waals surface area contributed by atoms with Crippen LogP contribution in [0.1, 0.15) is 46.0 Å². The molecule has 0 radical (unpaired) electrons. The van der Waals surface area contributed by atoms with Crippen LogP contribution < -0.4 is 11.1 Å². The topological polar surface area (TPSA) is 58.4 Å². The lowest BCUT2D eigenvalue weighted by molar-refractivity contribution is -0.134. The third-order valence-electron chi connectivity index (χ3n) is 4.24. The first-order chi connectivity index (χ1) is 9.06. The Balaban J connectivity index is 1.67. The molecule has 0 unspecified atom stereocenters. The molecule has 2 rings (SSSR count). The molecule has 1 saturated heterocycles. The third kappa shape index (κ3) is 4.77. The smallest absolute Gasteiger partial charge is 0.239 e. The summed E-state index contributed by atoms with van der Waals surface area (Å²) >= 11 is 0. The Morgan fingerprint density at radius 2 is 1.89 bits per heavy atom. The Bertz CT molecular complexity index is 294. The highest BCUT2D eigenvalue weighted by Crippen LogP contribution is 2.28. The van der Waals surface area contributed by atoms with E-state index in [4.69, 9.17) is 5.73 Å². The normalized spacial score (nSPS) is 22.8. The number of hydrogen-bond donors (Lipinski definition) is 2. The highest BCUT2D eigenvalue weighted by Gasteiger charge is 2.28. The van der Waals surface area contributed by atoms with E-state index in [0.29, 0.717) is 12.0 Å². The molecule has 1 aliphatic heterocycles. The molecule has 19 heavy (non-hydrogen) atoms. The van der Waals surface area contributed by atoms with Gasteiger partial charge in [0.25, 0.3) is 0 Å². The lowest BCUT2D eigenvalue weighted by Crippen LogP contribution is -2.50. The van der Waals surface area contributed by atoms with E-state index in [2.05, 4.69) is 19.2 Å². The number of likely N-dealkylation sites (tertiary alicyclic amines) is 1. The van der Waals surface area contributed by atoms with Crippen LogP contribution in [0.15, 0.2) is 0 Å². The van der Waals surface area contributed by atoms with Gasteiger partial charge < -0.3 is 16.0 Å². The van der Waals surface area contributed by atoms with Gasteiger partial charge in [-0.25, -0.2) is 0 Å². The summed E-state index contributed by atoms with van der Waals surface area (Å²) in [6, 6.07) is 0.293. The number of hydrogen-bond acceptors (Lipinski definition) is 3. The molecule has 3 N–H and O–H groups in total. The number of amides is 1. The van der Waals surface area contributed by atoms with E-state index in [0.717, 1.165) is 38.3 Å². The number of piperidine rings is 1. The van der Waals surface area contributed by atoms with Gasteiger partial charge >= 0.3 is 0 Å². The van der Waals surface area contributed by atoms with Crippen molar-refractivity contribution >= 4 is 5.91 Å². The zero-order chi connectivity index (χ0) is 13.8. The van der Waals surface area contributed by atoms with Crippen LogP contribution in [0.4, 0.5) is 0 Å². The maximum Gasteiger partial charge on any atom is 0.239 e. The summed E-state index contributed by atoms with van der Waals surface area (Å²) in [6.45, 7) is 7.13. The maximum atomic E-state index is 12.2. The molecule has 4 nitrogen and oxygen atoms in total. The fraction of sp³-hybridized carbons (Fsp3) is 0.933. The molecule has 0 aromatic carbocycles. The molecule has 0 aromatic rings. The Kier molecular flexibility index (Phi) is 5.22. The summed E-state index contributed by atoms with van der Waals surface area (Å²) in [5.41, 5.74) is 5.98. The summed E-state index contributed by atoms with van der Waals surface area (Å²) in [6.07, 6.45) is 5.74. The van der Waals surface area contributed by atoms with Crippen molar-refractivity contribution in [1.29, 1.82) is 0 Å². The average Bonchev–Trinajstić information content (AvgIpc) is 3.19. The van der Waals surface area contributed by atoms with Gasteiger partial charge in [-0.3, -0.25) is 4.79 Å². The van der Waals surface area contributed by atoms with Crippen molar-refractivity contribution in [2.45, 2.75) is 58.0 Å². The van der Waals surface area contributed by atoms with E-state index in [-0.39, 0.29) is 11.9 Å². The van der Waals surface area contributed by atoms with Crippen molar-refractivity contribution in [3.8, 4) is 0 Å². The first-order valence-corrected chi connectivity index (χ1v) is 7.84. The molecule has 0 spiro atoms. The van der Waals surface area contributed by atoms with Crippen molar-refractivity contribution in [2.75, 3.05) is 19.6 Å². The van der Waals surface area contributed by atoms with Crippen LogP contribution >= 0.6 is 0 Å². The molecule has 2 aliphatic rings. The van der Waals surface area contributed by atoms with E-state index >= 15 is 0 Å². The van der Waals surface area contributed by atoms with Crippen LogP contribution in [0.5, 0.6) is 0 Å². The van der Waals surface area contributed by atoms with Gasteiger partial charge in [-0.1, -0.05) is 13.8 Å². The number of nitrogens with two attached hydrogens (primary N) is 1. The minimum Gasteiger partial charge on any atom is -0.341 e. The van der Waals surface area contributed by atoms with Crippen LogP contribution in [0, 0.1) is 11.8 Å². The van der Waals surface area contributed by atoms with Crippen molar-refractivity contribution in [1.82, 2.24) is 10.2 Å². The minimum atomic E-state index is -0.309. The zero-order valence-corrected chi connectivity index (χ0v) is 12.4. The van der Waals surface area contributed by atoms with E-state index in [1.54, 1.807) is 0 Å². The van der Waals surface area contributed by atoms with E-state index in [1.165, 1.54) is 19.4 Å². The number of carbonyl (C=O) groups is 1. The van der Waals surface area contributed by atoms with E-state index in [9.17, 15) is 4.79 Å². The van der Waals surface area contributed by atoms with Gasteiger partial charge in [0.1, 0.15) is 0 Å². The first-order valence-electron chi connectivity index (χ1n) is 7.84. The molecule has 4 heteroatoms. The quantitative estimate of drug-likeness (QED) is 0.764. The van der Waals surface area contributed by atoms with Crippen LogP contribution in [0.25, 0.3) is 0 Å². The SMILES string of the molecule is CC(C)C[C@H](N)C(=O)N1CCC(NCC2CC2)CC1. The predicted molar refractivity (Wildman–Crippen MR) is 77.8 cm³/mol.